The normalized spacial score (nSPS) is 15.0. The number of hydrogen-bond acceptors (Lipinski definition) is 2. The van der Waals surface area contributed by atoms with Gasteiger partial charge in [0.05, 0.1) is 6.10 Å². The molecule has 0 aliphatic carbocycles. The highest BCUT2D eigenvalue weighted by Crippen LogP contribution is 2.00. The fourth-order valence-corrected chi connectivity index (χ4v) is 0.859. The van der Waals surface area contributed by atoms with Crippen molar-refractivity contribution in [3.8, 4) is 0 Å². The van der Waals surface area contributed by atoms with E-state index in [4.69, 9.17) is 0 Å². The Balaban J connectivity index is 3.38. The third-order valence-electron chi connectivity index (χ3n) is 1.49. The van der Waals surface area contributed by atoms with Gasteiger partial charge in [0.25, 0.3) is 0 Å². The molecule has 1 unspecified atom stereocenters. The van der Waals surface area contributed by atoms with Gasteiger partial charge in [-0.3, -0.25) is 0 Å². The second-order valence-electron chi connectivity index (χ2n) is 4.07. The van der Waals surface area contributed by atoms with E-state index in [1.165, 1.54) is 0 Å². The van der Waals surface area contributed by atoms with E-state index >= 15 is 0 Å². The molecule has 0 spiro atoms. The molecular formula is C9H21NO. The first-order valence-electron chi connectivity index (χ1n) is 4.39. The van der Waals surface area contributed by atoms with E-state index in [9.17, 15) is 5.11 Å². The van der Waals surface area contributed by atoms with Crippen molar-refractivity contribution in [3.05, 3.63) is 0 Å². The average molecular weight is 159 g/mol. The lowest BCUT2D eigenvalue weighted by Crippen LogP contribution is -2.40. The van der Waals surface area contributed by atoms with Crippen molar-refractivity contribution in [1.82, 2.24) is 5.32 Å². The minimum absolute atomic E-state index is 0.120. The van der Waals surface area contributed by atoms with Gasteiger partial charge in [-0.05, 0) is 27.2 Å². The van der Waals surface area contributed by atoms with Gasteiger partial charge in [0.15, 0.2) is 0 Å². The predicted octanol–water partition coefficient (Wildman–Crippen LogP) is 1.54. The summed E-state index contributed by atoms with van der Waals surface area (Å²) in [5.74, 6) is 0. The molecule has 0 aromatic heterocycles. The van der Waals surface area contributed by atoms with E-state index in [-0.39, 0.29) is 11.6 Å². The molecule has 2 heteroatoms. The summed E-state index contributed by atoms with van der Waals surface area (Å²) in [6.07, 6.45) is 1.76. The van der Waals surface area contributed by atoms with Gasteiger partial charge in [-0.2, -0.15) is 0 Å². The molecule has 0 radical (unpaired) electrons. The molecule has 0 bridgehead atoms. The van der Waals surface area contributed by atoms with Crippen molar-refractivity contribution in [2.24, 2.45) is 0 Å². The molecule has 0 rings (SSSR count). The molecule has 0 saturated carbocycles. The summed E-state index contributed by atoms with van der Waals surface area (Å²) in [5, 5.41) is 12.6. The Morgan fingerprint density at radius 1 is 1.36 bits per heavy atom. The summed E-state index contributed by atoms with van der Waals surface area (Å²) >= 11 is 0. The molecule has 0 aliphatic heterocycles. The monoisotopic (exact) mass is 159 g/mol. The molecule has 2 nitrogen and oxygen atoms in total. The van der Waals surface area contributed by atoms with E-state index in [2.05, 4.69) is 33.0 Å². The first-order chi connectivity index (χ1) is 4.95. The largest absolute Gasteiger partial charge is 0.392 e. The number of β-amino-alcohol motifs (C(OH)–C–C–N with tert-alkyl or cyclic N) is 1. The molecule has 0 aromatic rings. The maximum absolute atomic E-state index is 9.35. The Kier molecular flexibility index (Phi) is 4.69. The summed E-state index contributed by atoms with van der Waals surface area (Å²) in [6, 6.07) is 0. The molecule has 2 N–H and O–H groups in total. The van der Waals surface area contributed by atoms with Crippen LogP contribution in [0.4, 0.5) is 0 Å². The highest BCUT2D eigenvalue weighted by Gasteiger charge is 2.10. The van der Waals surface area contributed by atoms with Gasteiger partial charge in [0.1, 0.15) is 0 Å². The van der Waals surface area contributed by atoms with E-state index in [0.29, 0.717) is 6.54 Å². The van der Waals surface area contributed by atoms with Crippen LogP contribution in [0, 0.1) is 0 Å². The van der Waals surface area contributed by atoms with E-state index in [1.807, 2.05) is 0 Å². The standard InChI is InChI=1S/C9H21NO/c1-5-6-8(11)7-10-9(2,3)4/h8,10-11H,5-7H2,1-4H3. The lowest BCUT2D eigenvalue weighted by atomic mass is 10.1. The third kappa shape index (κ3) is 7.82. The molecule has 0 aliphatic rings. The first-order valence-corrected chi connectivity index (χ1v) is 4.39. The Hall–Kier alpha value is -0.0800. The van der Waals surface area contributed by atoms with Crippen molar-refractivity contribution < 1.29 is 5.11 Å². The SMILES string of the molecule is CCCC(O)CNC(C)(C)C. The number of nitrogens with one attached hydrogen (secondary N) is 1. The van der Waals surface area contributed by atoms with Crippen LogP contribution >= 0.6 is 0 Å². The summed E-state index contributed by atoms with van der Waals surface area (Å²) < 4.78 is 0. The lowest BCUT2D eigenvalue weighted by molar-refractivity contribution is 0.150. The molecule has 68 valence electrons. The maximum atomic E-state index is 9.35. The predicted molar refractivity (Wildman–Crippen MR) is 48.7 cm³/mol. The van der Waals surface area contributed by atoms with Crippen LogP contribution in [-0.2, 0) is 0 Å². The fraction of sp³-hybridized carbons (Fsp3) is 1.00. The lowest BCUT2D eigenvalue weighted by Gasteiger charge is -2.22. The van der Waals surface area contributed by atoms with Crippen molar-refractivity contribution in [2.45, 2.75) is 52.2 Å². The van der Waals surface area contributed by atoms with Crippen LogP contribution in [0.15, 0.2) is 0 Å². The zero-order valence-electron chi connectivity index (χ0n) is 8.15. The van der Waals surface area contributed by atoms with Crippen LogP contribution < -0.4 is 5.32 Å². The summed E-state index contributed by atoms with van der Waals surface area (Å²) in [7, 11) is 0. The van der Waals surface area contributed by atoms with Gasteiger partial charge in [0.2, 0.25) is 0 Å². The summed E-state index contributed by atoms with van der Waals surface area (Å²) in [6.45, 7) is 9.10. The molecule has 0 heterocycles. The molecular weight excluding hydrogens is 138 g/mol. The van der Waals surface area contributed by atoms with E-state index in [1.54, 1.807) is 0 Å². The molecule has 11 heavy (non-hydrogen) atoms. The van der Waals surface area contributed by atoms with Crippen LogP contribution in [0.1, 0.15) is 40.5 Å². The van der Waals surface area contributed by atoms with Gasteiger partial charge in [0, 0.05) is 12.1 Å². The second kappa shape index (κ2) is 4.73. The minimum atomic E-state index is -0.181. The topological polar surface area (TPSA) is 32.3 Å². The number of aliphatic hydroxyl groups is 1. The quantitative estimate of drug-likeness (QED) is 0.652. The summed E-state index contributed by atoms with van der Waals surface area (Å²) in [5.41, 5.74) is 0.120. The summed E-state index contributed by atoms with van der Waals surface area (Å²) in [4.78, 5) is 0. The van der Waals surface area contributed by atoms with E-state index in [0.717, 1.165) is 12.8 Å². The van der Waals surface area contributed by atoms with Crippen molar-refractivity contribution >= 4 is 0 Å². The molecule has 0 amide bonds. The Labute approximate surface area is 70.0 Å². The third-order valence-corrected chi connectivity index (χ3v) is 1.49. The zero-order chi connectivity index (χ0) is 8.91. The van der Waals surface area contributed by atoms with Crippen LogP contribution in [0.5, 0.6) is 0 Å². The number of rotatable bonds is 4. The number of hydrogen-bond donors (Lipinski definition) is 2. The van der Waals surface area contributed by atoms with E-state index < -0.39 is 0 Å². The Morgan fingerprint density at radius 3 is 2.27 bits per heavy atom. The average Bonchev–Trinajstić information content (AvgIpc) is 1.83. The van der Waals surface area contributed by atoms with Crippen molar-refractivity contribution in [1.29, 1.82) is 0 Å². The van der Waals surface area contributed by atoms with Crippen molar-refractivity contribution in [3.63, 3.8) is 0 Å². The Bertz CT molecular complexity index is 96.2. The molecule has 1 atom stereocenters. The maximum Gasteiger partial charge on any atom is 0.0664 e. The highest BCUT2D eigenvalue weighted by atomic mass is 16.3. The van der Waals surface area contributed by atoms with Crippen LogP contribution in [0.2, 0.25) is 0 Å². The first kappa shape index (κ1) is 10.9. The molecule has 0 aromatic carbocycles. The molecule has 0 fully saturated rings. The van der Waals surface area contributed by atoms with Gasteiger partial charge in [-0.1, -0.05) is 13.3 Å². The minimum Gasteiger partial charge on any atom is -0.392 e. The number of aliphatic hydroxyl groups excluding tert-OH is 1. The fourth-order valence-electron chi connectivity index (χ4n) is 0.859. The second-order valence-corrected chi connectivity index (χ2v) is 4.07. The van der Waals surface area contributed by atoms with Crippen molar-refractivity contribution in [2.75, 3.05) is 6.54 Å². The van der Waals surface area contributed by atoms with Gasteiger partial charge < -0.3 is 10.4 Å². The zero-order valence-corrected chi connectivity index (χ0v) is 8.15. The van der Waals surface area contributed by atoms with Crippen LogP contribution in [0.25, 0.3) is 0 Å². The smallest absolute Gasteiger partial charge is 0.0664 e. The van der Waals surface area contributed by atoms with Crippen LogP contribution in [-0.4, -0.2) is 23.3 Å². The molecule has 0 saturated heterocycles. The van der Waals surface area contributed by atoms with Gasteiger partial charge in [-0.15, -0.1) is 0 Å². The van der Waals surface area contributed by atoms with Crippen LogP contribution in [0.3, 0.4) is 0 Å². The van der Waals surface area contributed by atoms with Gasteiger partial charge >= 0.3 is 0 Å². The highest BCUT2D eigenvalue weighted by molar-refractivity contribution is 4.72. The Morgan fingerprint density at radius 2 is 1.91 bits per heavy atom. The van der Waals surface area contributed by atoms with Gasteiger partial charge in [-0.25, -0.2) is 0 Å².